The molecule has 2 aliphatic rings. The molecule has 2 rings (SSSR count). The molecule has 1 saturated heterocycles. The molecule has 0 radical (unpaired) electrons. The van der Waals surface area contributed by atoms with E-state index in [2.05, 4.69) is 0 Å². The van der Waals surface area contributed by atoms with E-state index in [1.807, 2.05) is 4.90 Å². The molecule has 4 nitrogen and oxygen atoms in total. The van der Waals surface area contributed by atoms with Crippen LogP contribution in [0.2, 0.25) is 0 Å². The van der Waals surface area contributed by atoms with Gasteiger partial charge in [-0.25, -0.2) is 0 Å². The van der Waals surface area contributed by atoms with E-state index in [1.54, 1.807) is 0 Å². The van der Waals surface area contributed by atoms with Gasteiger partial charge in [-0.1, -0.05) is 6.42 Å². The molecule has 1 aliphatic carbocycles. The molecule has 1 aliphatic heterocycles. The first-order valence-corrected chi connectivity index (χ1v) is 7.55. The average molecular weight is 244 g/mol. The van der Waals surface area contributed by atoms with E-state index in [0.29, 0.717) is 24.6 Å². The van der Waals surface area contributed by atoms with Crippen molar-refractivity contribution in [3.8, 4) is 0 Å². The topological polar surface area (TPSA) is 63.4 Å². The minimum atomic E-state index is -0.708. The average Bonchev–Trinajstić information content (AvgIpc) is 2.29. The van der Waals surface area contributed by atoms with Crippen LogP contribution in [0.25, 0.3) is 0 Å². The van der Waals surface area contributed by atoms with Crippen LogP contribution in [0.15, 0.2) is 0 Å². The summed E-state index contributed by atoms with van der Waals surface area (Å²) in [6.07, 6.45) is 3.93. The minimum absolute atomic E-state index is 0.121. The van der Waals surface area contributed by atoms with Crippen LogP contribution in [-0.2, 0) is 15.6 Å². The predicted molar refractivity (Wildman–Crippen MR) is 64.4 cm³/mol. The van der Waals surface area contributed by atoms with Crippen molar-refractivity contribution in [2.75, 3.05) is 24.6 Å². The highest BCUT2D eigenvalue weighted by Crippen LogP contribution is 2.25. The highest BCUT2D eigenvalue weighted by molar-refractivity contribution is 7.85. The Kier molecular flexibility index (Phi) is 3.97. The zero-order valence-corrected chi connectivity index (χ0v) is 10.4. The number of amides is 1. The van der Waals surface area contributed by atoms with E-state index in [-0.39, 0.29) is 17.9 Å². The third-order valence-corrected chi connectivity index (χ3v) is 4.83. The minimum Gasteiger partial charge on any atom is -0.341 e. The zero-order valence-electron chi connectivity index (χ0n) is 9.56. The van der Waals surface area contributed by atoms with Crippen LogP contribution < -0.4 is 5.73 Å². The molecule has 92 valence electrons. The lowest BCUT2D eigenvalue weighted by Gasteiger charge is -2.33. The molecule has 0 bridgehead atoms. The van der Waals surface area contributed by atoms with Crippen LogP contribution >= 0.6 is 0 Å². The summed E-state index contributed by atoms with van der Waals surface area (Å²) in [5.41, 5.74) is 5.90. The molecule has 1 heterocycles. The summed E-state index contributed by atoms with van der Waals surface area (Å²) in [5, 5.41) is 0. The molecule has 0 spiro atoms. The van der Waals surface area contributed by atoms with Crippen molar-refractivity contribution < 1.29 is 9.00 Å². The Balaban J connectivity index is 1.89. The van der Waals surface area contributed by atoms with Crippen molar-refractivity contribution in [3.05, 3.63) is 0 Å². The fraction of sp³-hybridized carbons (Fsp3) is 0.909. The molecule has 2 N–H and O–H groups in total. The number of carbonyl (C=O) groups excluding carboxylic acids is 1. The van der Waals surface area contributed by atoms with Crippen molar-refractivity contribution in [1.82, 2.24) is 4.90 Å². The number of hydrogen-bond acceptors (Lipinski definition) is 3. The summed E-state index contributed by atoms with van der Waals surface area (Å²) in [7, 11) is -0.708. The first-order chi connectivity index (χ1) is 7.66. The van der Waals surface area contributed by atoms with Gasteiger partial charge in [0.15, 0.2) is 0 Å². The summed E-state index contributed by atoms with van der Waals surface area (Å²) >= 11 is 0. The fourth-order valence-electron chi connectivity index (χ4n) is 2.57. The van der Waals surface area contributed by atoms with E-state index in [9.17, 15) is 9.00 Å². The van der Waals surface area contributed by atoms with Gasteiger partial charge in [0.05, 0.1) is 0 Å². The molecule has 1 amide bonds. The van der Waals surface area contributed by atoms with Crippen LogP contribution in [0.1, 0.15) is 25.7 Å². The maximum atomic E-state index is 12.2. The Labute approximate surface area is 99.0 Å². The van der Waals surface area contributed by atoms with Gasteiger partial charge < -0.3 is 10.6 Å². The lowest BCUT2D eigenvalue weighted by molar-refractivity contribution is -0.136. The van der Waals surface area contributed by atoms with Gasteiger partial charge in [0.2, 0.25) is 5.91 Å². The summed E-state index contributed by atoms with van der Waals surface area (Å²) in [5.74, 6) is 1.65. The largest absolute Gasteiger partial charge is 0.341 e. The van der Waals surface area contributed by atoms with Crippen molar-refractivity contribution in [1.29, 1.82) is 0 Å². The second-order valence-corrected chi connectivity index (χ2v) is 6.49. The van der Waals surface area contributed by atoms with Crippen molar-refractivity contribution in [3.63, 3.8) is 0 Å². The molecule has 0 aromatic heterocycles. The first kappa shape index (κ1) is 12.0. The molecule has 16 heavy (non-hydrogen) atoms. The molecule has 5 heteroatoms. The summed E-state index contributed by atoms with van der Waals surface area (Å²) < 4.78 is 11.2. The molecule has 2 unspecified atom stereocenters. The lowest BCUT2D eigenvalue weighted by atomic mass is 9.85. The van der Waals surface area contributed by atoms with Gasteiger partial charge in [-0.15, -0.1) is 0 Å². The molecular formula is C11H20N2O2S. The van der Waals surface area contributed by atoms with Crippen LogP contribution in [0, 0.1) is 5.92 Å². The van der Waals surface area contributed by atoms with Gasteiger partial charge in [0.1, 0.15) is 0 Å². The van der Waals surface area contributed by atoms with Crippen LogP contribution in [-0.4, -0.2) is 45.7 Å². The van der Waals surface area contributed by atoms with Gasteiger partial charge >= 0.3 is 0 Å². The van der Waals surface area contributed by atoms with Gasteiger partial charge in [-0.3, -0.25) is 9.00 Å². The van der Waals surface area contributed by atoms with Crippen molar-refractivity contribution in [2.45, 2.75) is 31.7 Å². The Hall–Kier alpha value is -0.420. The van der Waals surface area contributed by atoms with Crippen molar-refractivity contribution in [2.24, 2.45) is 11.7 Å². The highest BCUT2D eigenvalue weighted by Gasteiger charge is 2.30. The molecule has 0 aromatic rings. The lowest BCUT2D eigenvalue weighted by Crippen LogP contribution is -2.46. The third kappa shape index (κ3) is 2.83. The molecular weight excluding hydrogens is 224 g/mol. The smallest absolute Gasteiger partial charge is 0.225 e. The monoisotopic (exact) mass is 244 g/mol. The molecule has 2 atom stereocenters. The second-order valence-electron chi connectivity index (χ2n) is 4.80. The van der Waals surface area contributed by atoms with Crippen molar-refractivity contribution >= 4 is 16.7 Å². The fourth-order valence-corrected chi connectivity index (χ4v) is 3.62. The molecule has 0 aromatic carbocycles. The summed E-state index contributed by atoms with van der Waals surface area (Å²) in [6.45, 7) is 1.33. The molecule has 1 saturated carbocycles. The Morgan fingerprint density at radius 2 is 1.94 bits per heavy atom. The van der Waals surface area contributed by atoms with E-state index >= 15 is 0 Å². The number of hydrogen-bond donors (Lipinski definition) is 1. The Morgan fingerprint density at radius 3 is 2.56 bits per heavy atom. The number of nitrogens with two attached hydrogens (primary N) is 1. The Bertz CT molecular complexity index is 286. The van der Waals surface area contributed by atoms with E-state index < -0.39 is 10.8 Å². The van der Waals surface area contributed by atoms with Gasteiger partial charge in [-0.2, -0.15) is 0 Å². The van der Waals surface area contributed by atoms with Crippen LogP contribution in [0.3, 0.4) is 0 Å². The standard InChI is InChI=1S/C11H20N2O2S/c12-10-3-1-2-9(8-10)11(14)13-4-6-16(15)7-5-13/h9-10H,1-8,12H2. The normalized spacial score (nSPS) is 32.7. The third-order valence-electron chi connectivity index (χ3n) is 3.55. The van der Waals surface area contributed by atoms with Crippen LogP contribution in [0.4, 0.5) is 0 Å². The SMILES string of the molecule is NC1CCCC(C(=O)N2CCS(=O)CC2)C1. The maximum Gasteiger partial charge on any atom is 0.225 e. The first-order valence-electron chi connectivity index (χ1n) is 6.06. The Morgan fingerprint density at radius 1 is 1.25 bits per heavy atom. The van der Waals surface area contributed by atoms with E-state index in [1.165, 1.54) is 0 Å². The second kappa shape index (κ2) is 5.27. The zero-order chi connectivity index (χ0) is 11.5. The summed E-state index contributed by atoms with van der Waals surface area (Å²) in [6, 6.07) is 0.196. The van der Waals surface area contributed by atoms with Gasteiger partial charge in [-0.05, 0) is 19.3 Å². The van der Waals surface area contributed by atoms with Gasteiger partial charge in [0, 0.05) is 47.4 Å². The highest BCUT2D eigenvalue weighted by atomic mass is 32.2. The molecule has 2 fully saturated rings. The predicted octanol–water partition coefficient (Wildman–Crippen LogP) is 0.0948. The van der Waals surface area contributed by atoms with Crippen LogP contribution in [0.5, 0.6) is 0 Å². The van der Waals surface area contributed by atoms with E-state index in [4.69, 9.17) is 5.73 Å². The number of rotatable bonds is 1. The summed E-state index contributed by atoms with van der Waals surface area (Å²) in [4.78, 5) is 14.1. The number of nitrogens with zero attached hydrogens (tertiary/aromatic N) is 1. The van der Waals surface area contributed by atoms with Gasteiger partial charge in [0.25, 0.3) is 0 Å². The number of carbonyl (C=O) groups is 1. The quantitative estimate of drug-likeness (QED) is 0.711. The van der Waals surface area contributed by atoms with E-state index in [0.717, 1.165) is 25.7 Å². The maximum absolute atomic E-state index is 12.2.